The fourth-order valence-corrected chi connectivity index (χ4v) is 2.06. The van der Waals surface area contributed by atoms with Crippen molar-refractivity contribution >= 4 is 23.2 Å². The van der Waals surface area contributed by atoms with Gasteiger partial charge in [-0.2, -0.15) is 0 Å². The van der Waals surface area contributed by atoms with E-state index in [1.807, 2.05) is 6.07 Å². The summed E-state index contributed by atoms with van der Waals surface area (Å²) in [5, 5.41) is 11.0. The molecular formula is C12H16Cl2O. The number of rotatable bonds is 5. The zero-order valence-electron chi connectivity index (χ0n) is 8.84. The molecule has 1 aromatic rings. The Kier molecular flexibility index (Phi) is 5.44. The van der Waals surface area contributed by atoms with Gasteiger partial charge in [0.25, 0.3) is 0 Å². The predicted molar refractivity (Wildman–Crippen MR) is 65.7 cm³/mol. The number of hydrogen-bond acceptors (Lipinski definition) is 1. The molecule has 0 radical (unpaired) electrons. The van der Waals surface area contributed by atoms with Gasteiger partial charge >= 0.3 is 0 Å². The normalized spacial score (nSPS) is 12.8. The SMILES string of the molecule is CCCC[C@H](O)Cc1c(Cl)cccc1Cl. The molecule has 1 atom stereocenters. The second kappa shape index (κ2) is 6.37. The van der Waals surface area contributed by atoms with Crippen LogP contribution in [0, 0.1) is 0 Å². The van der Waals surface area contributed by atoms with Gasteiger partial charge in [-0.25, -0.2) is 0 Å². The smallest absolute Gasteiger partial charge is 0.0581 e. The Bertz CT molecular complexity index is 292. The van der Waals surface area contributed by atoms with Gasteiger partial charge in [-0.1, -0.05) is 49.0 Å². The molecule has 0 aliphatic heterocycles. The Labute approximate surface area is 101 Å². The van der Waals surface area contributed by atoms with E-state index in [9.17, 15) is 5.11 Å². The van der Waals surface area contributed by atoms with Crippen LogP contribution in [0.5, 0.6) is 0 Å². The molecule has 0 spiro atoms. The van der Waals surface area contributed by atoms with E-state index in [1.165, 1.54) is 0 Å². The number of aliphatic hydroxyl groups excluding tert-OH is 1. The first kappa shape index (κ1) is 12.8. The highest BCUT2D eigenvalue weighted by atomic mass is 35.5. The highest BCUT2D eigenvalue weighted by Gasteiger charge is 2.10. The van der Waals surface area contributed by atoms with Crippen LogP contribution in [0.25, 0.3) is 0 Å². The van der Waals surface area contributed by atoms with E-state index < -0.39 is 0 Å². The quantitative estimate of drug-likeness (QED) is 0.830. The van der Waals surface area contributed by atoms with Crippen LogP contribution in [-0.4, -0.2) is 11.2 Å². The Balaban J connectivity index is 2.63. The van der Waals surface area contributed by atoms with Crippen LogP contribution in [-0.2, 0) is 6.42 Å². The third-order valence-corrected chi connectivity index (χ3v) is 3.10. The van der Waals surface area contributed by atoms with Crippen molar-refractivity contribution in [3.05, 3.63) is 33.8 Å². The molecule has 0 aliphatic rings. The van der Waals surface area contributed by atoms with Crippen LogP contribution in [0.4, 0.5) is 0 Å². The predicted octanol–water partition coefficient (Wildman–Crippen LogP) is 4.09. The first-order chi connectivity index (χ1) is 7.15. The molecule has 1 nitrogen and oxygen atoms in total. The first-order valence-electron chi connectivity index (χ1n) is 5.26. The Morgan fingerprint density at radius 1 is 1.27 bits per heavy atom. The van der Waals surface area contributed by atoms with Gasteiger partial charge in [0.2, 0.25) is 0 Å². The maximum Gasteiger partial charge on any atom is 0.0581 e. The molecule has 0 bridgehead atoms. The Morgan fingerprint density at radius 3 is 2.40 bits per heavy atom. The van der Waals surface area contributed by atoms with E-state index in [4.69, 9.17) is 23.2 Å². The average Bonchev–Trinajstić information content (AvgIpc) is 2.21. The molecule has 0 unspecified atom stereocenters. The number of aliphatic hydroxyl groups is 1. The molecule has 15 heavy (non-hydrogen) atoms. The van der Waals surface area contributed by atoms with Gasteiger partial charge in [0.1, 0.15) is 0 Å². The fraction of sp³-hybridized carbons (Fsp3) is 0.500. The van der Waals surface area contributed by atoms with Crippen LogP contribution >= 0.6 is 23.2 Å². The molecule has 1 aromatic carbocycles. The molecule has 0 fully saturated rings. The van der Waals surface area contributed by atoms with Gasteiger partial charge < -0.3 is 5.11 Å². The molecule has 0 amide bonds. The maximum absolute atomic E-state index is 9.77. The molecule has 0 saturated heterocycles. The number of hydrogen-bond donors (Lipinski definition) is 1. The van der Waals surface area contributed by atoms with Gasteiger partial charge in [0.05, 0.1) is 6.10 Å². The molecular weight excluding hydrogens is 231 g/mol. The summed E-state index contributed by atoms with van der Waals surface area (Å²) < 4.78 is 0. The van der Waals surface area contributed by atoms with Crippen molar-refractivity contribution < 1.29 is 5.11 Å². The monoisotopic (exact) mass is 246 g/mol. The minimum atomic E-state index is -0.345. The second-order valence-electron chi connectivity index (χ2n) is 3.70. The minimum absolute atomic E-state index is 0.345. The lowest BCUT2D eigenvalue weighted by atomic mass is 10.0. The van der Waals surface area contributed by atoms with E-state index in [2.05, 4.69) is 6.92 Å². The Hall–Kier alpha value is -0.240. The zero-order chi connectivity index (χ0) is 11.3. The standard InChI is InChI=1S/C12H16Cl2O/c1-2-3-5-9(15)8-10-11(13)6-4-7-12(10)14/h4,6-7,9,15H,2-3,5,8H2,1H3/t9-/m0/s1. The van der Waals surface area contributed by atoms with Gasteiger partial charge in [0, 0.05) is 16.5 Å². The second-order valence-corrected chi connectivity index (χ2v) is 4.51. The third-order valence-electron chi connectivity index (χ3n) is 2.39. The van der Waals surface area contributed by atoms with Gasteiger partial charge in [-0.15, -0.1) is 0 Å². The lowest BCUT2D eigenvalue weighted by Crippen LogP contribution is -2.10. The van der Waals surface area contributed by atoms with Gasteiger partial charge in [-0.05, 0) is 24.1 Å². The topological polar surface area (TPSA) is 20.2 Å². The number of benzene rings is 1. The summed E-state index contributed by atoms with van der Waals surface area (Å²) in [5.41, 5.74) is 0.851. The molecule has 0 heterocycles. The van der Waals surface area contributed by atoms with Crippen molar-refractivity contribution in [3.8, 4) is 0 Å². The summed E-state index contributed by atoms with van der Waals surface area (Å²) in [4.78, 5) is 0. The molecule has 0 aliphatic carbocycles. The molecule has 3 heteroatoms. The summed E-state index contributed by atoms with van der Waals surface area (Å²) in [6.07, 6.45) is 3.12. The van der Waals surface area contributed by atoms with Crippen molar-refractivity contribution in [2.45, 2.75) is 38.7 Å². The van der Waals surface area contributed by atoms with Crippen molar-refractivity contribution in [1.82, 2.24) is 0 Å². The van der Waals surface area contributed by atoms with E-state index in [1.54, 1.807) is 12.1 Å². The van der Waals surface area contributed by atoms with E-state index in [-0.39, 0.29) is 6.10 Å². The number of halogens is 2. The van der Waals surface area contributed by atoms with Crippen molar-refractivity contribution in [3.63, 3.8) is 0 Å². The maximum atomic E-state index is 9.77. The van der Waals surface area contributed by atoms with Crippen LogP contribution in [0.15, 0.2) is 18.2 Å². The van der Waals surface area contributed by atoms with E-state index in [0.29, 0.717) is 16.5 Å². The Morgan fingerprint density at radius 2 is 1.87 bits per heavy atom. The van der Waals surface area contributed by atoms with E-state index >= 15 is 0 Å². The zero-order valence-corrected chi connectivity index (χ0v) is 10.4. The van der Waals surface area contributed by atoms with Crippen LogP contribution in [0.2, 0.25) is 10.0 Å². The van der Waals surface area contributed by atoms with Crippen molar-refractivity contribution in [2.24, 2.45) is 0 Å². The first-order valence-corrected chi connectivity index (χ1v) is 6.01. The summed E-state index contributed by atoms with van der Waals surface area (Å²) in [7, 11) is 0. The molecule has 84 valence electrons. The van der Waals surface area contributed by atoms with Crippen LogP contribution in [0.3, 0.4) is 0 Å². The third kappa shape index (κ3) is 4.02. The summed E-state index contributed by atoms with van der Waals surface area (Å²) in [6, 6.07) is 5.41. The highest BCUT2D eigenvalue weighted by molar-refractivity contribution is 6.35. The minimum Gasteiger partial charge on any atom is -0.393 e. The molecule has 1 rings (SSSR count). The van der Waals surface area contributed by atoms with Crippen molar-refractivity contribution in [2.75, 3.05) is 0 Å². The average molecular weight is 247 g/mol. The van der Waals surface area contributed by atoms with Gasteiger partial charge in [-0.3, -0.25) is 0 Å². The van der Waals surface area contributed by atoms with Crippen LogP contribution in [0.1, 0.15) is 31.7 Å². The largest absolute Gasteiger partial charge is 0.393 e. The molecule has 1 N–H and O–H groups in total. The lowest BCUT2D eigenvalue weighted by Gasteiger charge is -2.12. The molecule has 0 aromatic heterocycles. The lowest BCUT2D eigenvalue weighted by molar-refractivity contribution is 0.162. The van der Waals surface area contributed by atoms with Crippen LogP contribution < -0.4 is 0 Å². The van der Waals surface area contributed by atoms with Gasteiger partial charge in [0.15, 0.2) is 0 Å². The summed E-state index contributed by atoms with van der Waals surface area (Å²) >= 11 is 12.0. The summed E-state index contributed by atoms with van der Waals surface area (Å²) in [5.74, 6) is 0. The van der Waals surface area contributed by atoms with E-state index in [0.717, 1.165) is 24.8 Å². The summed E-state index contributed by atoms with van der Waals surface area (Å²) in [6.45, 7) is 2.11. The highest BCUT2D eigenvalue weighted by Crippen LogP contribution is 2.26. The molecule has 0 saturated carbocycles. The fourth-order valence-electron chi connectivity index (χ4n) is 1.50. The number of unbranched alkanes of at least 4 members (excludes halogenated alkanes) is 1. The van der Waals surface area contributed by atoms with Crippen molar-refractivity contribution in [1.29, 1.82) is 0 Å².